The molecule has 0 heterocycles. The maximum absolute atomic E-state index is 10.7. The van der Waals surface area contributed by atoms with Gasteiger partial charge in [-0.05, 0) is 30.9 Å². The lowest BCUT2D eigenvalue weighted by molar-refractivity contribution is -0.00164. The van der Waals surface area contributed by atoms with Crippen LogP contribution in [0.1, 0.15) is 56.2 Å². The highest BCUT2D eigenvalue weighted by molar-refractivity contribution is 5.34. The summed E-state index contributed by atoms with van der Waals surface area (Å²) in [6.07, 6.45) is 5.21. The number of nitrogens with two attached hydrogens (primary N) is 1. The van der Waals surface area contributed by atoms with Gasteiger partial charge in [0, 0.05) is 6.04 Å². The Hall–Kier alpha value is -0.860. The molecule has 2 rings (SSSR count). The maximum atomic E-state index is 10.7. The molecule has 1 aliphatic rings. The molecule has 0 saturated heterocycles. The number of rotatable bonds is 2. The molecule has 1 atom stereocenters. The predicted octanol–water partition coefficient (Wildman–Crippen LogP) is 2.86. The van der Waals surface area contributed by atoms with E-state index >= 15 is 0 Å². The van der Waals surface area contributed by atoms with E-state index in [-0.39, 0.29) is 6.04 Å². The van der Waals surface area contributed by atoms with Crippen LogP contribution in [-0.4, -0.2) is 5.11 Å². The molecule has 16 heavy (non-hydrogen) atoms. The molecular formula is C14H21NO. The largest absolute Gasteiger partial charge is 0.385 e. The third kappa shape index (κ3) is 2.13. The Balaban J connectivity index is 2.38. The smallest absolute Gasteiger partial charge is 0.0899 e. The quantitative estimate of drug-likeness (QED) is 0.803. The average molecular weight is 219 g/mol. The summed E-state index contributed by atoms with van der Waals surface area (Å²) in [5.41, 5.74) is 7.47. The highest BCUT2D eigenvalue weighted by atomic mass is 16.3. The highest BCUT2D eigenvalue weighted by Gasteiger charge is 2.33. The van der Waals surface area contributed by atoms with Crippen molar-refractivity contribution in [2.24, 2.45) is 5.73 Å². The summed E-state index contributed by atoms with van der Waals surface area (Å²) in [7, 11) is 0. The van der Waals surface area contributed by atoms with Gasteiger partial charge in [0.15, 0.2) is 0 Å². The molecule has 0 radical (unpaired) electrons. The molecular weight excluding hydrogens is 198 g/mol. The van der Waals surface area contributed by atoms with Crippen molar-refractivity contribution >= 4 is 0 Å². The first-order valence-electron chi connectivity index (χ1n) is 6.21. The van der Waals surface area contributed by atoms with Crippen molar-refractivity contribution in [3.63, 3.8) is 0 Å². The lowest BCUT2D eigenvalue weighted by Gasteiger charge is -2.34. The van der Waals surface area contributed by atoms with Crippen molar-refractivity contribution in [1.29, 1.82) is 0 Å². The first-order chi connectivity index (χ1) is 7.63. The Morgan fingerprint density at radius 2 is 1.81 bits per heavy atom. The SMILES string of the molecule is C[C@H](N)c1ccccc1C1(O)CCCCC1. The van der Waals surface area contributed by atoms with Crippen LogP contribution in [0.25, 0.3) is 0 Å². The van der Waals surface area contributed by atoms with E-state index in [0.717, 1.165) is 36.8 Å². The van der Waals surface area contributed by atoms with Gasteiger partial charge in [0.25, 0.3) is 0 Å². The van der Waals surface area contributed by atoms with E-state index in [0.29, 0.717) is 0 Å². The van der Waals surface area contributed by atoms with Crippen LogP contribution in [0.15, 0.2) is 24.3 Å². The van der Waals surface area contributed by atoms with E-state index in [9.17, 15) is 5.11 Å². The van der Waals surface area contributed by atoms with Gasteiger partial charge < -0.3 is 10.8 Å². The Bertz CT molecular complexity index is 354. The minimum absolute atomic E-state index is 0.0119. The average Bonchev–Trinajstić information content (AvgIpc) is 2.30. The minimum Gasteiger partial charge on any atom is -0.385 e. The monoisotopic (exact) mass is 219 g/mol. The number of hydrogen-bond donors (Lipinski definition) is 2. The van der Waals surface area contributed by atoms with Crippen molar-refractivity contribution < 1.29 is 5.11 Å². The summed E-state index contributed by atoms with van der Waals surface area (Å²) < 4.78 is 0. The fourth-order valence-corrected chi connectivity index (χ4v) is 2.72. The highest BCUT2D eigenvalue weighted by Crippen LogP contribution is 2.39. The normalized spacial score (nSPS) is 21.7. The summed E-state index contributed by atoms with van der Waals surface area (Å²) in [6.45, 7) is 1.98. The van der Waals surface area contributed by atoms with E-state index in [4.69, 9.17) is 5.73 Å². The molecule has 88 valence electrons. The van der Waals surface area contributed by atoms with Crippen LogP contribution >= 0.6 is 0 Å². The Labute approximate surface area is 97.5 Å². The fraction of sp³-hybridized carbons (Fsp3) is 0.571. The van der Waals surface area contributed by atoms with Crippen molar-refractivity contribution in [3.8, 4) is 0 Å². The van der Waals surface area contributed by atoms with Crippen LogP contribution in [0.3, 0.4) is 0 Å². The molecule has 2 nitrogen and oxygen atoms in total. The van der Waals surface area contributed by atoms with E-state index in [1.54, 1.807) is 0 Å². The molecule has 1 aromatic rings. The first kappa shape index (κ1) is 11.6. The van der Waals surface area contributed by atoms with Gasteiger partial charge in [-0.25, -0.2) is 0 Å². The first-order valence-corrected chi connectivity index (χ1v) is 6.21. The van der Waals surface area contributed by atoms with E-state index in [1.165, 1.54) is 6.42 Å². The number of benzene rings is 1. The summed E-state index contributed by atoms with van der Waals surface area (Å²) >= 11 is 0. The Kier molecular flexibility index (Phi) is 3.31. The standard InChI is InChI=1S/C14H21NO/c1-11(15)12-7-3-4-8-13(12)14(16)9-5-2-6-10-14/h3-4,7-8,11,16H,2,5-6,9-10,15H2,1H3/t11-/m0/s1. The van der Waals surface area contributed by atoms with Gasteiger partial charge in [-0.2, -0.15) is 0 Å². The summed E-state index contributed by atoms with van der Waals surface area (Å²) in [5.74, 6) is 0. The van der Waals surface area contributed by atoms with Gasteiger partial charge in [-0.3, -0.25) is 0 Å². The second-order valence-corrected chi connectivity index (χ2v) is 4.97. The summed E-state index contributed by atoms with van der Waals surface area (Å²) in [4.78, 5) is 0. The molecule has 1 aliphatic carbocycles. The minimum atomic E-state index is -0.636. The zero-order valence-corrected chi connectivity index (χ0v) is 9.95. The second kappa shape index (κ2) is 4.56. The fourth-order valence-electron chi connectivity index (χ4n) is 2.72. The van der Waals surface area contributed by atoms with Gasteiger partial charge in [-0.1, -0.05) is 43.5 Å². The van der Waals surface area contributed by atoms with Crippen LogP contribution in [0, 0.1) is 0 Å². The molecule has 0 aromatic heterocycles. The number of hydrogen-bond acceptors (Lipinski definition) is 2. The third-order valence-electron chi connectivity index (χ3n) is 3.63. The zero-order valence-electron chi connectivity index (χ0n) is 9.95. The van der Waals surface area contributed by atoms with Crippen molar-refractivity contribution in [3.05, 3.63) is 35.4 Å². The Morgan fingerprint density at radius 1 is 1.19 bits per heavy atom. The summed E-state index contributed by atoms with van der Waals surface area (Å²) in [6, 6.07) is 8.04. The van der Waals surface area contributed by atoms with Crippen molar-refractivity contribution in [1.82, 2.24) is 0 Å². The van der Waals surface area contributed by atoms with Crippen LogP contribution in [-0.2, 0) is 5.60 Å². The molecule has 2 heteroatoms. The zero-order chi connectivity index (χ0) is 11.6. The molecule has 0 amide bonds. The Morgan fingerprint density at radius 3 is 2.44 bits per heavy atom. The van der Waals surface area contributed by atoms with Gasteiger partial charge in [0.2, 0.25) is 0 Å². The molecule has 0 aliphatic heterocycles. The van der Waals surface area contributed by atoms with Crippen LogP contribution < -0.4 is 5.73 Å². The lowest BCUT2D eigenvalue weighted by atomic mass is 9.77. The molecule has 1 fully saturated rings. The molecule has 0 bridgehead atoms. The van der Waals surface area contributed by atoms with E-state index in [1.807, 2.05) is 31.2 Å². The molecule has 1 saturated carbocycles. The van der Waals surface area contributed by atoms with Gasteiger partial charge >= 0.3 is 0 Å². The molecule has 3 N–H and O–H groups in total. The second-order valence-electron chi connectivity index (χ2n) is 4.97. The van der Waals surface area contributed by atoms with Crippen LogP contribution in [0.2, 0.25) is 0 Å². The van der Waals surface area contributed by atoms with E-state index < -0.39 is 5.60 Å². The topological polar surface area (TPSA) is 46.2 Å². The molecule has 0 unspecified atom stereocenters. The summed E-state index contributed by atoms with van der Waals surface area (Å²) in [5, 5.41) is 10.7. The van der Waals surface area contributed by atoms with Gasteiger partial charge in [0.1, 0.15) is 0 Å². The predicted molar refractivity (Wildman–Crippen MR) is 66.0 cm³/mol. The van der Waals surface area contributed by atoms with Gasteiger partial charge in [-0.15, -0.1) is 0 Å². The molecule has 1 aromatic carbocycles. The third-order valence-corrected chi connectivity index (χ3v) is 3.63. The number of aliphatic hydroxyl groups is 1. The van der Waals surface area contributed by atoms with Gasteiger partial charge in [0.05, 0.1) is 5.60 Å². The lowest BCUT2D eigenvalue weighted by Crippen LogP contribution is -2.30. The van der Waals surface area contributed by atoms with Crippen LogP contribution in [0.4, 0.5) is 0 Å². The van der Waals surface area contributed by atoms with Crippen molar-refractivity contribution in [2.75, 3.05) is 0 Å². The maximum Gasteiger partial charge on any atom is 0.0899 e. The van der Waals surface area contributed by atoms with E-state index in [2.05, 4.69) is 0 Å². The molecule has 0 spiro atoms. The van der Waals surface area contributed by atoms with Crippen molar-refractivity contribution in [2.45, 2.75) is 50.7 Å². The van der Waals surface area contributed by atoms with Crippen LogP contribution in [0.5, 0.6) is 0 Å².